The lowest BCUT2D eigenvalue weighted by Crippen LogP contribution is -2.29. The van der Waals surface area contributed by atoms with Gasteiger partial charge in [-0.15, -0.1) is 11.3 Å². The zero-order valence-corrected chi connectivity index (χ0v) is 11.6. The van der Waals surface area contributed by atoms with Crippen molar-refractivity contribution < 1.29 is 9.90 Å². The maximum atomic E-state index is 11.8. The number of rotatable bonds is 6. The van der Waals surface area contributed by atoms with E-state index in [-0.39, 0.29) is 12.5 Å². The van der Waals surface area contributed by atoms with E-state index in [9.17, 15) is 4.79 Å². The first kappa shape index (κ1) is 13.7. The van der Waals surface area contributed by atoms with E-state index in [0.29, 0.717) is 17.3 Å². The maximum Gasteiger partial charge on any atom is 0.262 e. The Balaban J connectivity index is 2.43. The largest absolute Gasteiger partial charge is 0.396 e. The third kappa shape index (κ3) is 3.88. The van der Waals surface area contributed by atoms with E-state index in [0.717, 1.165) is 17.3 Å². The topological polar surface area (TPSA) is 49.3 Å². The molecule has 0 aliphatic rings. The molecule has 0 spiro atoms. The van der Waals surface area contributed by atoms with Crippen molar-refractivity contribution in [1.82, 2.24) is 5.32 Å². The van der Waals surface area contributed by atoms with Crippen LogP contribution in [-0.2, 0) is 0 Å². The highest BCUT2D eigenvalue weighted by atomic mass is 79.9. The van der Waals surface area contributed by atoms with Gasteiger partial charge in [0.05, 0.1) is 0 Å². The minimum absolute atomic E-state index is 0.0433. The molecule has 16 heavy (non-hydrogen) atoms. The monoisotopic (exact) mass is 305 g/mol. The molecule has 1 heterocycles. The quantitative estimate of drug-likeness (QED) is 0.849. The van der Waals surface area contributed by atoms with Crippen molar-refractivity contribution in [3.63, 3.8) is 0 Å². The molecule has 0 fully saturated rings. The van der Waals surface area contributed by atoms with E-state index in [1.165, 1.54) is 11.3 Å². The number of hydrogen-bond donors (Lipinski definition) is 2. The average Bonchev–Trinajstić information content (AvgIpc) is 2.70. The van der Waals surface area contributed by atoms with E-state index < -0.39 is 0 Å². The molecule has 0 aromatic carbocycles. The van der Waals surface area contributed by atoms with E-state index in [4.69, 9.17) is 5.11 Å². The van der Waals surface area contributed by atoms with Crippen LogP contribution < -0.4 is 5.32 Å². The van der Waals surface area contributed by atoms with Gasteiger partial charge < -0.3 is 10.4 Å². The second-order valence-corrected chi connectivity index (χ2v) is 5.36. The van der Waals surface area contributed by atoms with Crippen molar-refractivity contribution in [1.29, 1.82) is 0 Å². The molecule has 0 aliphatic carbocycles. The smallest absolute Gasteiger partial charge is 0.262 e. The first-order valence-corrected chi connectivity index (χ1v) is 6.98. The average molecular weight is 306 g/mol. The van der Waals surface area contributed by atoms with Gasteiger partial charge in [0.15, 0.2) is 0 Å². The predicted molar refractivity (Wildman–Crippen MR) is 69.8 cm³/mol. The number of carbonyl (C=O) groups is 1. The van der Waals surface area contributed by atoms with Crippen LogP contribution in [0.5, 0.6) is 0 Å². The summed E-state index contributed by atoms with van der Waals surface area (Å²) in [5, 5.41) is 13.6. The summed E-state index contributed by atoms with van der Waals surface area (Å²) in [7, 11) is 0. The molecule has 1 aromatic heterocycles. The van der Waals surface area contributed by atoms with Crippen molar-refractivity contribution >= 4 is 33.2 Å². The number of aliphatic hydroxyl groups excluding tert-OH is 1. The summed E-state index contributed by atoms with van der Waals surface area (Å²) >= 11 is 4.75. The summed E-state index contributed by atoms with van der Waals surface area (Å²) in [5.41, 5.74) is 0. The van der Waals surface area contributed by atoms with Gasteiger partial charge in [-0.05, 0) is 39.7 Å². The molecule has 0 aliphatic heterocycles. The van der Waals surface area contributed by atoms with Crippen LogP contribution in [0, 0.1) is 5.92 Å². The van der Waals surface area contributed by atoms with Gasteiger partial charge in [-0.3, -0.25) is 4.79 Å². The summed E-state index contributed by atoms with van der Waals surface area (Å²) in [6.45, 7) is 2.87. The van der Waals surface area contributed by atoms with Gasteiger partial charge in [-0.25, -0.2) is 0 Å². The molecule has 5 heteroatoms. The Hall–Kier alpha value is -0.390. The molecule has 90 valence electrons. The summed E-state index contributed by atoms with van der Waals surface area (Å²) in [6.07, 6.45) is 1.70. The first-order chi connectivity index (χ1) is 7.69. The van der Waals surface area contributed by atoms with Crippen molar-refractivity contribution in [2.24, 2.45) is 5.92 Å². The Bertz CT molecular complexity index is 340. The highest BCUT2D eigenvalue weighted by Gasteiger charge is 2.13. The molecule has 0 radical (unpaired) electrons. The van der Waals surface area contributed by atoms with Crippen molar-refractivity contribution in [2.45, 2.75) is 19.8 Å². The lowest BCUT2D eigenvalue weighted by atomic mass is 10.0. The van der Waals surface area contributed by atoms with Gasteiger partial charge in [0, 0.05) is 17.6 Å². The Kier molecular flexibility index (Phi) is 6.01. The number of amides is 1. The Morgan fingerprint density at radius 2 is 2.44 bits per heavy atom. The summed E-state index contributed by atoms with van der Waals surface area (Å²) in [5.74, 6) is 0.311. The summed E-state index contributed by atoms with van der Waals surface area (Å²) in [4.78, 5) is 12.5. The van der Waals surface area contributed by atoms with Gasteiger partial charge in [-0.2, -0.15) is 0 Å². The zero-order chi connectivity index (χ0) is 12.0. The van der Waals surface area contributed by atoms with Gasteiger partial charge in [0.2, 0.25) is 0 Å². The van der Waals surface area contributed by atoms with E-state index >= 15 is 0 Å². The fourth-order valence-electron chi connectivity index (χ4n) is 1.41. The van der Waals surface area contributed by atoms with E-state index in [2.05, 4.69) is 28.2 Å². The molecule has 1 rings (SSSR count). The van der Waals surface area contributed by atoms with Crippen LogP contribution in [-0.4, -0.2) is 24.2 Å². The van der Waals surface area contributed by atoms with Crippen molar-refractivity contribution in [3.05, 3.63) is 20.8 Å². The third-order valence-corrected chi connectivity index (χ3v) is 4.33. The second kappa shape index (κ2) is 7.04. The number of nitrogens with one attached hydrogen (secondary N) is 1. The van der Waals surface area contributed by atoms with Crippen LogP contribution >= 0.6 is 27.3 Å². The standard InChI is InChI=1S/C11H16BrNO2S/c1-2-8(3-5-14)7-13-11(15)10-9(12)4-6-16-10/h4,6,8,14H,2-3,5,7H2,1H3,(H,13,15). The molecule has 3 nitrogen and oxygen atoms in total. The van der Waals surface area contributed by atoms with Gasteiger partial charge in [0.25, 0.3) is 5.91 Å². The lowest BCUT2D eigenvalue weighted by Gasteiger charge is -2.13. The van der Waals surface area contributed by atoms with Crippen LogP contribution in [0.2, 0.25) is 0 Å². The molecule has 0 saturated carbocycles. The van der Waals surface area contributed by atoms with E-state index in [1.807, 2.05) is 11.4 Å². The Morgan fingerprint density at radius 1 is 1.69 bits per heavy atom. The summed E-state index contributed by atoms with van der Waals surface area (Å²) in [6, 6.07) is 1.87. The lowest BCUT2D eigenvalue weighted by molar-refractivity contribution is 0.0947. The predicted octanol–water partition coefficient (Wildman–Crippen LogP) is 2.65. The number of hydrogen-bond acceptors (Lipinski definition) is 3. The highest BCUT2D eigenvalue weighted by Crippen LogP contribution is 2.22. The highest BCUT2D eigenvalue weighted by molar-refractivity contribution is 9.10. The Morgan fingerprint density at radius 3 is 2.94 bits per heavy atom. The SMILES string of the molecule is CCC(CCO)CNC(=O)c1sccc1Br. The third-order valence-electron chi connectivity index (χ3n) is 2.49. The fourth-order valence-corrected chi connectivity index (χ4v) is 2.87. The molecule has 1 amide bonds. The van der Waals surface area contributed by atoms with Gasteiger partial charge in [-0.1, -0.05) is 13.3 Å². The van der Waals surface area contributed by atoms with Crippen LogP contribution in [0.4, 0.5) is 0 Å². The number of halogens is 1. The molecule has 1 atom stereocenters. The first-order valence-electron chi connectivity index (χ1n) is 5.31. The van der Waals surface area contributed by atoms with Crippen LogP contribution in [0.1, 0.15) is 29.4 Å². The molecule has 0 bridgehead atoms. The van der Waals surface area contributed by atoms with Gasteiger partial charge >= 0.3 is 0 Å². The normalized spacial score (nSPS) is 12.4. The summed E-state index contributed by atoms with van der Waals surface area (Å²) < 4.78 is 0.838. The number of aliphatic hydroxyl groups is 1. The molecule has 2 N–H and O–H groups in total. The second-order valence-electron chi connectivity index (χ2n) is 3.59. The Labute approximate surface area is 108 Å². The molecule has 1 unspecified atom stereocenters. The zero-order valence-electron chi connectivity index (χ0n) is 9.20. The van der Waals surface area contributed by atoms with E-state index in [1.54, 1.807) is 0 Å². The number of carbonyl (C=O) groups excluding carboxylic acids is 1. The number of thiophene rings is 1. The van der Waals surface area contributed by atoms with Gasteiger partial charge in [0.1, 0.15) is 4.88 Å². The van der Waals surface area contributed by atoms with Crippen LogP contribution in [0.3, 0.4) is 0 Å². The minimum atomic E-state index is -0.0433. The molecule has 0 saturated heterocycles. The van der Waals surface area contributed by atoms with Crippen LogP contribution in [0.15, 0.2) is 15.9 Å². The molecule has 1 aromatic rings. The van der Waals surface area contributed by atoms with Crippen LogP contribution in [0.25, 0.3) is 0 Å². The molecular formula is C11H16BrNO2S. The molecular weight excluding hydrogens is 290 g/mol. The minimum Gasteiger partial charge on any atom is -0.396 e. The fraction of sp³-hybridized carbons (Fsp3) is 0.545. The van der Waals surface area contributed by atoms with Crippen molar-refractivity contribution in [3.8, 4) is 0 Å². The van der Waals surface area contributed by atoms with Crippen molar-refractivity contribution in [2.75, 3.05) is 13.2 Å². The maximum absolute atomic E-state index is 11.8.